The van der Waals surface area contributed by atoms with E-state index >= 15 is 0 Å². The first kappa shape index (κ1) is 13.5. The van der Waals surface area contributed by atoms with Gasteiger partial charge in [0.1, 0.15) is 11.4 Å². The van der Waals surface area contributed by atoms with Crippen molar-refractivity contribution < 1.29 is 9.26 Å². The Hall–Kier alpha value is -2.53. The predicted molar refractivity (Wildman–Crippen MR) is 81.1 cm³/mol. The van der Waals surface area contributed by atoms with Gasteiger partial charge in [-0.1, -0.05) is 16.8 Å². The normalized spacial score (nSPS) is 10.6. The van der Waals surface area contributed by atoms with Crippen LogP contribution >= 0.6 is 11.6 Å². The molecule has 0 atom stereocenters. The third-order valence-electron chi connectivity index (χ3n) is 3.08. The maximum absolute atomic E-state index is 6.08. The Bertz CT molecular complexity index is 772. The molecule has 0 aliphatic rings. The molecule has 6 heteroatoms. The molecule has 106 valence electrons. The van der Waals surface area contributed by atoms with Crippen molar-refractivity contribution in [3.8, 4) is 28.1 Å². The largest absolute Gasteiger partial charge is 0.496 e. The Morgan fingerprint density at radius 3 is 2.86 bits per heavy atom. The van der Waals surface area contributed by atoms with E-state index in [9.17, 15) is 0 Å². The molecule has 0 unspecified atom stereocenters. The van der Waals surface area contributed by atoms with E-state index in [4.69, 9.17) is 26.6 Å². The van der Waals surface area contributed by atoms with Gasteiger partial charge < -0.3 is 15.0 Å². The lowest BCUT2D eigenvalue weighted by Crippen LogP contribution is -1.92. The number of nitrogen functional groups attached to an aromatic ring is 1. The molecule has 0 amide bonds. The number of rotatable bonds is 3. The summed E-state index contributed by atoms with van der Waals surface area (Å²) >= 11 is 6.08. The summed E-state index contributed by atoms with van der Waals surface area (Å²) in [6.45, 7) is 0. The van der Waals surface area contributed by atoms with Gasteiger partial charge in [0.25, 0.3) is 0 Å². The van der Waals surface area contributed by atoms with Crippen LogP contribution in [0.1, 0.15) is 0 Å². The molecule has 1 aromatic carbocycles. The molecule has 5 nitrogen and oxygen atoms in total. The fourth-order valence-corrected chi connectivity index (χ4v) is 2.31. The molecule has 0 spiro atoms. The van der Waals surface area contributed by atoms with Crippen LogP contribution in [0.25, 0.3) is 22.4 Å². The summed E-state index contributed by atoms with van der Waals surface area (Å²) < 4.78 is 10.5. The van der Waals surface area contributed by atoms with E-state index in [1.807, 2.05) is 12.1 Å². The lowest BCUT2D eigenvalue weighted by atomic mass is 10.0. The Morgan fingerprint density at radius 2 is 2.14 bits per heavy atom. The van der Waals surface area contributed by atoms with Crippen LogP contribution in [0.5, 0.6) is 5.75 Å². The molecule has 0 aliphatic carbocycles. The lowest BCUT2D eigenvalue weighted by molar-refractivity contribution is 0.416. The first-order valence-electron chi connectivity index (χ1n) is 6.20. The minimum absolute atomic E-state index is 0.203. The molecule has 0 saturated heterocycles. The molecule has 3 aromatic rings. The molecular weight excluding hydrogens is 290 g/mol. The number of hydrogen-bond acceptors (Lipinski definition) is 5. The van der Waals surface area contributed by atoms with Crippen LogP contribution in [0, 0.1) is 0 Å². The number of pyridine rings is 1. The first-order valence-corrected chi connectivity index (χ1v) is 6.58. The first-order chi connectivity index (χ1) is 10.2. The van der Waals surface area contributed by atoms with Crippen molar-refractivity contribution in [2.45, 2.75) is 0 Å². The average Bonchev–Trinajstić information content (AvgIpc) is 2.89. The van der Waals surface area contributed by atoms with E-state index < -0.39 is 0 Å². The standard InChI is InChI=1S/C15H12ClN3O2/c1-20-12-5-4-10(16)7-11(12)13-14(19-21-15(13)17)9-3-2-6-18-8-9/h2-8H,17H2,1H3. The van der Waals surface area contributed by atoms with E-state index in [2.05, 4.69) is 10.1 Å². The van der Waals surface area contributed by atoms with Crippen molar-refractivity contribution in [2.24, 2.45) is 0 Å². The van der Waals surface area contributed by atoms with E-state index in [1.165, 1.54) is 0 Å². The molecule has 0 fully saturated rings. The van der Waals surface area contributed by atoms with Crippen LogP contribution in [-0.2, 0) is 0 Å². The van der Waals surface area contributed by atoms with Crippen molar-refractivity contribution in [3.05, 3.63) is 47.7 Å². The SMILES string of the molecule is COc1ccc(Cl)cc1-c1c(-c2cccnc2)noc1N. The van der Waals surface area contributed by atoms with Crippen LogP contribution in [0.4, 0.5) is 5.88 Å². The molecule has 0 radical (unpaired) electrons. The van der Waals surface area contributed by atoms with Crippen LogP contribution in [-0.4, -0.2) is 17.3 Å². The maximum atomic E-state index is 6.08. The van der Waals surface area contributed by atoms with Gasteiger partial charge in [-0.3, -0.25) is 4.98 Å². The average molecular weight is 302 g/mol. The highest BCUT2D eigenvalue weighted by atomic mass is 35.5. The Balaban J connectivity index is 2.24. The number of halogens is 1. The zero-order valence-electron chi connectivity index (χ0n) is 11.2. The van der Waals surface area contributed by atoms with Crippen molar-refractivity contribution in [1.29, 1.82) is 0 Å². The van der Waals surface area contributed by atoms with Crippen molar-refractivity contribution in [2.75, 3.05) is 12.8 Å². The van der Waals surface area contributed by atoms with Gasteiger partial charge >= 0.3 is 0 Å². The van der Waals surface area contributed by atoms with Gasteiger partial charge in [-0.05, 0) is 30.3 Å². The second-order valence-electron chi connectivity index (χ2n) is 4.36. The van der Waals surface area contributed by atoms with Gasteiger partial charge in [0, 0.05) is 28.5 Å². The number of aromatic nitrogens is 2. The smallest absolute Gasteiger partial charge is 0.230 e. The van der Waals surface area contributed by atoms with Crippen LogP contribution < -0.4 is 10.5 Å². The van der Waals surface area contributed by atoms with Gasteiger partial charge in [-0.15, -0.1) is 0 Å². The topological polar surface area (TPSA) is 74.2 Å². The Labute approximate surface area is 126 Å². The zero-order chi connectivity index (χ0) is 14.8. The molecule has 0 aliphatic heterocycles. The molecule has 2 heterocycles. The van der Waals surface area contributed by atoms with Gasteiger partial charge in [0.2, 0.25) is 5.88 Å². The fraction of sp³-hybridized carbons (Fsp3) is 0.0667. The summed E-state index contributed by atoms with van der Waals surface area (Å²) in [5.74, 6) is 0.842. The summed E-state index contributed by atoms with van der Waals surface area (Å²) in [5, 5.41) is 4.60. The Morgan fingerprint density at radius 1 is 1.29 bits per heavy atom. The van der Waals surface area contributed by atoms with E-state index in [0.29, 0.717) is 22.0 Å². The molecule has 21 heavy (non-hydrogen) atoms. The van der Waals surface area contributed by atoms with E-state index in [1.54, 1.807) is 37.7 Å². The summed E-state index contributed by atoms with van der Waals surface area (Å²) in [6, 6.07) is 8.99. The number of benzene rings is 1. The number of methoxy groups -OCH3 is 1. The number of ether oxygens (including phenoxy) is 1. The van der Waals surface area contributed by atoms with Crippen molar-refractivity contribution >= 4 is 17.5 Å². The van der Waals surface area contributed by atoms with Gasteiger partial charge in [0.15, 0.2) is 0 Å². The molecule has 2 N–H and O–H groups in total. The second kappa shape index (κ2) is 5.46. The maximum Gasteiger partial charge on any atom is 0.230 e. The van der Waals surface area contributed by atoms with E-state index in [0.717, 1.165) is 11.1 Å². The van der Waals surface area contributed by atoms with Gasteiger partial charge in [0.05, 0.1) is 12.7 Å². The third kappa shape index (κ3) is 2.43. The Kier molecular flexibility index (Phi) is 3.50. The third-order valence-corrected chi connectivity index (χ3v) is 3.32. The van der Waals surface area contributed by atoms with Gasteiger partial charge in [-0.2, -0.15) is 0 Å². The van der Waals surface area contributed by atoms with Crippen LogP contribution in [0.15, 0.2) is 47.2 Å². The molecule has 0 bridgehead atoms. The summed E-state index contributed by atoms with van der Waals surface area (Å²) in [5.41, 5.74) is 8.70. The molecule has 2 aromatic heterocycles. The summed E-state index contributed by atoms with van der Waals surface area (Å²) in [4.78, 5) is 4.09. The van der Waals surface area contributed by atoms with Crippen molar-refractivity contribution in [3.63, 3.8) is 0 Å². The number of anilines is 1. The summed E-state index contributed by atoms with van der Waals surface area (Å²) in [7, 11) is 1.58. The van der Waals surface area contributed by atoms with Crippen molar-refractivity contribution in [1.82, 2.24) is 10.1 Å². The van der Waals surface area contributed by atoms with Crippen LogP contribution in [0.3, 0.4) is 0 Å². The summed E-state index contributed by atoms with van der Waals surface area (Å²) in [6.07, 6.45) is 3.38. The molecular formula is C15H12ClN3O2. The zero-order valence-corrected chi connectivity index (χ0v) is 12.0. The highest BCUT2D eigenvalue weighted by Crippen LogP contribution is 2.41. The molecule has 3 rings (SSSR count). The lowest BCUT2D eigenvalue weighted by Gasteiger charge is -2.09. The quantitative estimate of drug-likeness (QED) is 0.799. The predicted octanol–water partition coefficient (Wildman–Crippen LogP) is 3.65. The highest BCUT2D eigenvalue weighted by molar-refractivity contribution is 6.31. The number of hydrogen-bond donors (Lipinski definition) is 1. The fourth-order valence-electron chi connectivity index (χ4n) is 2.14. The van der Waals surface area contributed by atoms with E-state index in [-0.39, 0.29) is 5.88 Å². The van der Waals surface area contributed by atoms with Crippen LogP contribution in [0.2, 0.25) is 5.02 Å². The van der Waals surface area contributed by atoms with Gasteiger partial charge in [-0.25, -0.2) is 0 Å². The minimum Gasteiger partial charge on any atom is -0.496 e. The second-order valence-corrected chi connectivity index (χ2v) is 4.79. The minimum atomic E-state index is 0.203. The number of nitrogens with two attached hydrogens (primary N) is 1. The highest BCUT2D eigenvalue weighted by Gasteiger charge is 2.21. The number of nitrogens with zero attached hydrogens (tertiary/aromatic N) is 2. The monoisotopic (exact) mass is 301 g/mol. The molecule has 0 saturated carbocycles.